The third kappa shape index (κ3) is 2.94. The third-order valence-electron chi connectivity index (χ3n) is 4.19. The summed E-state index contributed by atoms with van der Waals surface area (Å²) in [6, 6.07) is 1.65. The molecular formula is C13H26N2. The van der Waals surface area contributed by atoms with Gasteiger partial charge >= 0.3 is 0 Å². The second kappa shape index (κ2) is 5.86. The highest BCUT2D eigenvalue weighted by Crippen LogP contribution is 2.28. The topological polar surface area (TPSA) is 15.3 Å². The highest BCUT2D eigenvalue weighted by atomic mass is 15.5. The maximum atomic E-state index is 3.47. The Balaban J connectivity index is 1.88. The van der Waals surface area contributed by atoms with Gasteiger partial charge in [0, 0.05) is 12.1 Å². The Labute approximate surface area is 94.4 Å². The van der Waals surface area contributed by atoms with Crippen LogP contribution in [0.1, 0.15) is 64.2 Å². The molecule has 2 nitrogen and oxygen atoms in total. The number of rotatable bonds is 3. The lowest BCUT2D eigenvalue weighted by molar-refractivity contribution is 0.0388. The fourth-order valence-corrected chi connectivity index (χ4v) is 3.38. The van der Waals surface area contributed by atoms with Gasteiger partial charge in [0.25, 0.3) is 0 Å². The summed E-state index contributed by atoms with van der Waals surface area (Å²) in [6.07, 6.45) is 14.3. The molecule has 15 heavy (non-hydrogen) atoms. The van der Waals surface area contributed by atoms with E-state index in [1.54, 1.807) is 0 Å². The minimum atomic E-state index is 0.826. The largest absolute Gasteiger partial charge is 0.258 e. The Morgan fingerprint density at radius 3 is 1.47 bits per heavy atom. The molecule has 0 aromatic carbocycles. The zero-order valence-electron chi connectivity index (χ0n) is 10.2. The Morgan fingerprint density at radius 1 is 0.733 bits per heavy atom. The first-order chi connectivity index (χ1) is 7.42. The summed E-state index contributed by atoms with van der Waals surface area (Å²) in [4.78, 5) is 0. The molecule has 2 heteroatoms. The number of hydrazine groups is 1. The highest BCUT2D eigenvalue weighted by molar-refractivity contribution is 4.80. The molecule has 2 fully saturated rings. The average molecular weight is 210 g/mol. The number of nitrogens with zero attached hydrogens (tertiary/aromatic N) is 1. The fourth-order valence-electron chi connectivity index (χ4n) is 3.38. The maximum Gasteiger partial charge on any atom is 0.0246 e. The van der Waals surface area contributed by atoms with E-state index >= 15 is 0 Å². The SMILES string of the molecule is CNN(C1CCCCC1)C1CCCCC1. The van der Waals surface area contributed by atoms with Crippen LogP contribution in [-0.4, -0.2) is 24.1 Å². The summed E-state index contributed by atoms with van der Waals surface area (Å²) >= 11 is 0. The second-order valence-electron chi connectivity index (χ2n) is 5.21. The van der Waals surface area contributed by atoms with Crippen molar-refractivity contribution in [3.8, 4) is 0 Å². The van der Waals surface area contributed by atoms with Crippen molar-refractivity contribution in [1.29, 1.82) is 0 Å². The van der Waals surface area contributed by atoms with Gasteiger partial charge in [-0.05, 0) is 32.7 Å². The minimum Gasteiger partial charge on any atom is -0.258 e. The van der Waals surface area contributed by atoms with E-state index in [1.165, 1.54) is 64.2 Å². The first-order valence-electron chi connectivity index (χ1n) is 6.87. The number of nitrogens with one attached hydrogen (secondary N) is 1. The van der Waals surface area contributed by atoms with E-state index < -0.39 is 0 Å². The first kappa shape index (κ1) is 11.4. The van der Waals surface area contributed by atoms with Gasteiger partial charge in [-0.2, -0.15) is 0 Å². The summed E-state index contributed by atoms with van der Waals surface area (Å²) in [5.41, 5.74) is 3.47. The molecule has 0 amide bonds. The number of hydrogen-bond donors (Lipinski definition) is 1. The van der Waals surface area contributed by atoms with Crippen LogP contribution < -0.4 is 5.43 Å². The van der Waals surface area contributed by atoms with Crippen LogP contribution >= 0.6 is 0 Å². The van der Waals surface area contributed by atoms with Gasteiger partial charge < -0.3 is 0 Å². The summed E-state index contributed by atoms with van der Waals surface area (Å²) < 4.78 is 0. The molecule has 0 saturated heterocycles. The molecule has 0 heterocycles. The second-order valence-corrected chi connectivity index (χ2v) is 5.21. The average Bonchev–Trinajstić information content (AvgIpc) is 2.33. The van der Waals surface area contributed by atoms with Gasteiger partial charge in [-0.25, -0.2) is 5.01 Å². The van der Waals surface area contributed by atoms with Crippen molar-refractivity contribution in [3.05, 3.63) is 0 Å². The van der Waals surface area contributed by atoms with Crippen molar-refractivity contribution in [2.75, 3.05) is 7.05 Å². The third-order valence-corrected chi connectivity index (χ3v) is 4.19. The van der Waals surface area contributed by atoms with Crippen LogP contribution in [0.15, 0.2) is 0 Å². The lowest BCUT2D eigenvalue weighted by Crippen LogP contribution is -2.51. The molecule has 0 atom stereocenters. The van der Waals surface area contributed by atoms with Crippen molar-refractivity contribution in [1.82, 2.24) is 10.4 Å². The Bertz CT molecular complexity index is 151. The van der Waals surface area contributed by atoms with Gasteiger partial charge in [-0.1, -0.05) is 38.5 Å². The van der Waals surface area contributed by atoms with Crippen molar-refractivity contribution in [3.63, 3.8) is 0 Å². The Hall–Kier alpha value is -0.0800. The molecule has 88 valence electrons. The molecule has 0 radical (unpaired) electrons. The quantitative estimate of drug-likeness (QED) is 0.720. The van der Waals surface area contributed by atoms with E-state index in [1.807, 2.05) is 0 Å². The van der Waals surface area contributed by atoms with Crippen LogP contribution in [0.25, 0.3) is 0 Å². The number of hydrogen-bond acceptors (Lipinski definition) is 2. The molecule has 0 unspecified atom stereocenters. The van der Waals surface area contributed by atoms with Gasteiger partial charge in [0.15, 0.2) is 0 Å². The highest BCUT2D eigenvalue weighted by Gasteiger charge is 2.27. The van der Waals surface area contributed by atoms with Gasteiger partial charge in [0.1, 0.15) is 0 Å². The predicted octanol–water partition coefficient (Wildman–Crippen LogP) is 3.09. The standard InChI is InChI=1S/C13H26N2/c1-14-15(12-8-4-2-5-9-12)13-10-6-3-7-11-13/h12-14H,2-11H2,1H3. The molecule has 1 N–H and O–H groups in total. The van der Waals surface area contributed by atoms with Crippen LogP contribution in [0, 0.1) is 0 Å². The van der Waals surface area contributed by atoms with Crippen molar-refractivity contribution in [2.24, 2.45) is 0 Å². The van der Waals surface area contributed by atoms with E-state index in [9.17, 15) is 0 Å². The van der Waals surface area contributed by atoms with Gasteiger partial charge in [0.2, 0.25) is 0 Å². The van der Waals surface area contributed by atoms with E-state index in [-0.39, 0.29) is 0 Å². The maximum absolute atomic E-state index is 3.47. The molecule has 2 rings (SSSR count). The predicted molar refractivity (Wildman–Crippen MR) is 64.6 cm³/mol. The lowest BCUT2D eigenvalue weighted by Gasteiger charge is -2.40. The zero-order valence-corrected chi connectivity index (χ0v) is 10.2. The zero-order chi connectivity index (χ0) is 10.5. The molecule has 2 aliphatic rings. The Kier molecular flexibility index (Phi) is 4.45. The van der Waals surface area contributed by atoms with Crippen LogP contribution in [0.4, 0.5) is 0 Å². The van der Waals surface area contributed by atoms with E-state index in [0.29, 0.717) is 0 Å². The monoisotopic (exact) mass is 210 g/mol. The Morgan fingerprint density at radius 2 is 1.13 bits per heavy atom. The van der Waals surface area contributed by atoms with Crippen LogP contribution in [-0.2, 0) is 0 Å². The van der Waals surface area contributed by atoms with Crippen molar-refractivity contribution in [2.45, 2.75) is 76.3 Å². The van der Waals surface area contributed by atoms with Gasteiger partial charge in [-0.15, -0.1) is 0 Å². The van der Waals surface area contributed by atoms with E-state index in [0.717, 1.165) is 12.1 Å². The van der Waals surface area contributed by atoms with Gasteiger partial charge in [0.05, 0.1) is 0 Å². The normalized spacial score (nSPS) is 26.0. The summed E-state index contributed by atoms with van der Waals surface area (Å²) in [7, 11) is 2.11. The molecule has 0 bridgehead atoms. The van der Waals surface area contributed by atoms with Crippen molar-refractivity contribution >= 4 is 0 Å². The van der Waals surface area contributed by atoms with Crippen molar-refractivity contribution < 1.29 is 0 Å². The smallest absolute Gasteiger partial charge is 0.0246 e. The molecule has 2 aliphatic carbocycles. The van der Waals surface area contributed by atoms with Crippen LogP contribution in [0.3, 0.4) is 0 Å². The summed E-state index contributed by atoms with van der Waals surface area (Å²) in [5, 5.41) is 2.60. The van der Waals surface area contributed by atoms with Crippen LogP contribution in [0.5, 0.6) is 0 Å². The summed E-state index contributed by atoms with van der Waals surface area (Å²) in [6.45, 7) is 0. The van der Waals surface area contributed by atoms with Crippen LogP contribution in [0.2, 0.25) is 0 Å². The van der Waals surface area contributed by atoms with E-state index in [4.69, 9.17) is 0 Å². The molecule has 0 spiro atoms. The molecule has 0 aromatic heterocycles. The molecule has 2 saturated carbocycles. The fraction of sp³-hybridized carbons (Fsp3) is 1.00. The van der Waals surface area contributed by atoms with Gasteiger partial charge in [-0.3, -0.25) is 5.43 Å². The molecule has 0 aromatic rings. The molecular weight excluding hydrogens is 184 g/mol. The lowest BCUT2D eigenvalue weighted by atomic mass is 9.90. The molecule has 0 aliphatic heterocycles. The van der Waals surface area contributed by atoms with E-state index in [2.05, 4.69) is 17.5 Å². The summed E-state index contributed by atoms with van der Waals surface area (Å²) in [5.74, 6) is 0. The first-order valence-corrected chi connectivity index (χ1v) is 6.87. The minimum absolute atomic E-state index is 0.826.